The number of aryl methyl sites for hydroxylation is 1. The second-order valence-electron chi connectivity index (χ2n) is 4.70. The Labute approximate surface area is 102 Å². The van der Waals surface area contributed by atoms with Crippen molar-refractivity contribution in [1.82, 2.24) is 4.98 Å². The lowest BCUT2D eigenvalue weighted by Gasteiger charge is -2.22. The molecular formula is C14H19NO2. The lowest BCUT2D eigenvalue weighted by molar-refractivity contribution is 0.0104. The minimum absolute atomic E-state index is 0.176. The number of aromatic nitrogens is 1. The first-order chi connectivity index (χ1) is 8.25. The van der Waals surface area contributed by atoms with Crippen molar-refractivity contribution < 1.29 is 9.53 Å². The molecule has 0 aliphatic carbocycles. The summed E-state index contributed by atoms with van der Waals surface area (Å²) in [6.07, 6.45) is 8.59. The van der Waals surface area contributed by atoms with Crippen molar-refractivity contribution in [1.29, 1.82) is 0 Å². The Morgan fingerprint density at radius 3 is 3.06 bits per heavy atom. The topological polar surface area (TPSA) is 39.2 Å². The van der Waals surface area contributed by atoms with Crippen LogP contribution in [0.25, 0.3) is 0 Å². The number of rotatable bonds is 4. The van der Waals surface area contributed by atoms with Crippen molar-refractivity contribution in [3.63, 3.8) is 0 Å². The fraction of sp³-hybridized carbons (Fsp3) is 0.571. The van der Waals surface area contributed by atoms with Gasteiger partial charge in [0.1, 0.15) is 0 Å². The van der Waals surface area contributed by atoms with Crippen LogP contribution in [0.1, 0.15) is 48.0 Å². The molecule has 3 nitrogen and oxygen atoms in total. The van der Waals surface area contributed by atoms with Crippen molar-refractivity contribution in [3.05, 3.63) is 29.6 Å². The first-order valence-electron chi connectivity index (χ1n) is 6.32. The summed E-state index contributed by atoms with van der Waals surface area (Å²) < 4.78 is 5.62. The summed E-state index contributed by atoms with van der Waals surface area (Å²) in [5.41, 5.74) is 1.76. The zero-order valence-electron chi connectivity index (χ0n) is 10.3. The number of Topliss-reactive ketones (excluding diaryl/α,β-unsaturated/α-hetero) is 1. The first kappa shape index (κ1) is 12.2. The number of pyridine rings is 1. The first-order valence-corrected chi connectivity index (χ1v) is 6.32. The third kappa shape index (κ3) is 3.63. The Hall–Kier alpha value is -1.22. The van der Waals surface area contributed by atoms with E-state index in [-0.39, 0.29) is 11.9 Å². The maximum absolute atomic E-state index is 11.9. The second kappa shape index (κ2) is 5.92. The van der Waals surface area contributed by atoms with Gasteiger partial charge in [0.2, 0.25) is 0 Å². The lowest BCUT2D eigenvalue weighted by Crippen LogP contribution is -2.20. The van der Waals surface area contributed by atoms with Crippen molar-refractivity contribution in [2.75, 3.05) is 6.61 Å². The Kier molecular flexibility index (Phi) is 4.26. The maximum Gasteiger partial charge on any atom is 0.164 e. The number of carbonyl (C=O) groups is 1. The van der Waals surface area contributed by atoms with Gasteiger partial charge in [0.05, 0.1) is 6.10 Å². The van der Waals surface area contributed by atoms with Gasteiger partial charge >= 0.3 is 0 Å². The Bertz CT molecular complexity index is 384. The standard InChI is InChI=1S/C14H19NO2/c1-11-8-12(10-15-9-11)14(16)6-5-13-4-2-3-7-17-13/h8-10,13H,2-7H2,1H3. The molecule has 1 saturated heterocycles. The van der Waals surface area contributed by atoms with Crippen molar-refractivity contribution >= 4 is 5.78 Å². The molecule has 0 spiro atoms. The van der Waals surface area contributed by atoms with Crippen LogP contribution in [0, 0.1) is 6.92 Å². The fourth-order valence-corrected chi connectivity index (χ4v) is 2.18. The van der Waals surface area contributed by atoms with E-state index < -0.39 is 0 Å². The van der Waals surface area contributed by atoms with Gasteiger partial charge in [0.15, 0.2) is 5.78 Å². The zero-order chi connectivity index (χ0) is 12.1. The molecule has 1 aliphatic heterocycles. The zero-order valence-corrected chi connectivity index (χ0v) is 10.3. The molecule has 1 aromatic heterocycles. The van der Waals surface area contributed by atoms with E-state index in [2.05, 4.69) is 4.98 Å². The summed E-state index contributed by atoms with van der Waals surface area (Å²) in [6, 6.07) is 1.90. The second-order valence-corrected chi connectivity index (χ2v) is 4.70. The molecule has 0 aromatic carbocycles. The van der Waals surface area contributed by atoms with E-state index in [1.807, 2.05) is 13.0 Å². The van der Waals surface area contributed by atoms with Gasteiger partial charge in [0, 0.05) is 31.0 Å². The van der Waals surface area contributed by atoms with Gasteiger partial charge in [-0.05, 0) is 44.2 Å². The number of ether oxygens (including phenoxy) is 1. The third-order valence-electron chi connectivity index (χ3n) is 3.16. The molecule has 1 fully saturated rings. The van der Waals surface area contributed by atoms with Gasteiger partial charge in [-0.2, -0.15) is 0 Å². The molecule has 1 atom stereocenters. The van der Waals surface area contributed by atoms with Crippen molar-refractivity contribution in [2.45, 2.75) is 45.1 Å². The molecule has 3 heteroatoms. The molecule has 2 heterocycles. The van der Waals surface area contributed by atoms with E-state index in [1.165, 1.54) is 6.42 Å². The largest absolute Gasteiger partial charge is 0.378 e. The predicted octanol–water partition coefficient (Wildman–Crippen LogP) is 2.92. The lowest BCUT2D eigenvalue weighted by atomic mass is 10.0. The average molecular weight is 233 g/mol. The molecule has 92 valence electrons. The van der Waals surface area contributed by atoms with E-state index >= 15 is 0 Å². The summed E-state index contributed by atoms with van der Waals surface area (Å²) in [4.78, 5) is 16.0. The molecule has 1 unspecified atom stereocenters. The van der Waals surface area contributed by atoms with Crippen LogP contribution in [0.2, 0.25) is 0 Å². The Balaban J connectivity index is 1.84. The normalized spacial score (nSPS) is 20.2. The van der Waals surface area contributed by atoms with Crippen LogP contribution in [0.15, 0.2) is 18.5 Å². The molecule has 1 aromatic rings. The molecular weight excluding hydrogens is 214 g/mol. The van der Waals surface area contributed by atoms with Crippen molar-refractivity contribution in [3.8, 4) is 0 Å². The summed E-state index contributed by atoms with van der Waals surface area (Å²) in [5, 5.41) is 0. The van der Waals surface area contributed by atoms with Gasteiger partial charge in [-0.1, -0.05) is 0 Å². The molecule has 0 N–H and O–H groups in total. The number of carbonyl (C=O) groups excluding carboxylic acids is 1. The van der Waals surface area contributed by atoms with Gasteiger partial charge in [-0.15, -0.1) is 0 Å². The minimum Gasteiger partial charge on any atom is -0.378 e. The van der Waals surface area contributed by atoms with Crippen LogP contribution in [-0.2, 0) is 4.74 Å². The highest BCUT2D eigenvalue weighted by molar-refractivity contribution is 5.95. The highest BCUT2D eigenvalue weighted by Crippen LogP contribution is 2.18. The Morgan fingerprint density at radius 2 is 2.35 bits per heavy atom. The summed E-state index contributed by atoms with van der Waals surface area (Å²) >= 11 is 0. The smallest absolute Gasteiger partial charge is 0.164 e. The highest BCUT2D eigenvalue weighted by atomic mass is 16.5. The van der Waals surface area contributed by atoms with Gasteiger partial charge in [-0.25, -0.2) is 0 Å². The van der Waals surface area contributed by atoms with Crippen LogP contribution < -0.4 is 0 Å². The minimum atomic E-state index is 0.176. The molecule has 0 bridgehead atoms. The molecule has 17 heavy (non-hydrogen) atoms. The Morgan fingerprint density at radius 1 is 1.47 bits per heavy atom. The summed E-state index contributed by atoms with van der Waals surface area (Å²) in [7, 11) is 0. The van der Waals surface area contributed by atoms with Gasteiger partial charge < -0.3 is 4.74 Å². The van der Waals surface area contributed by atoms with Crippen LogP contribution in [0.5, 0.6) is 0 Å². The number of hydrogen-bond donors (Lipinski definition) is 0. The van der Waals surface area contributed by atoms with E-state index in [9.17, 15) is 4.79 Å². The van der Waals surface area contributed by atoms with Crippen LogP contribution in [-0.4, -0.2) is 23.5 Å². The third-order valence-corrected chi connectivity index (χ3v) is 3.16. The van der Waals surface area contributed by atoms with E-state index in [4.69, 9.17) is 4.74 Å². The maximum atomic E-state index is 11.9. The molecule has 1 aliphatic rings. The molecule has 0 amide bonds. The monoisotopic (exact) mass is 233 g/mol. The quantitative estimate of drug-likeness (QED) is 0.751. The molecule has 0 radical (unpaired) electrons. The van der Waals surface area contributed by atoms with Crippen LogP contribution in [0.4, 0.5) is 0 Å². The summed E-state index contributed by atoms with van der Waals surface area (Å²) in [5.74, 6) is 0.176. The van der Waals surface area contributed by atoms with E-state index in [1.54, 1.807) is 12.4 Å². The fourth-order valence-electron chi connectivity index (χ4n) is 2.18. The predicted molar refractivity (Wildman–Crippen MR) is 66.1 cm³/mol. The SMILES string of the molecule is Cc1cncc(C(=O)CCC2CCCCO2)c1. The van der Waals surface area contributed by atoms with Crippen LogP contribution in [0.3, 0.4) is 0 Å². The summed E-state index contributed by atoms with van der Waals surface area (Å²) in [6.45, 7) is 2.80. The molecule has 2 rings (SSSR count). The van der Waals surface area contributed by atoms with E-state index in [0.29, 0.717) is 6.42 Å². The van der Waals surface area contributed by atoms with Gasteiger partial charge in [0.25, 0.3) is 0 Å². The molecule has 0 saturated carbocycles. The van der Waals surface area contributed by atoms with Gasteiger partial charge in [-0.3, -0.25) is 9.78 Å². The average Bonchev–Trinajstić information content (AvgIpc) is 2.37. The highest BCUT2D eigenvalue weighted by Gasteiger charge is 2.16. The number of hydrogen-bond acceptors (Lipinski definition) is 3. The van der Waals surface area contributed by atoms with Crippen molar-refractivity contribution in [2.24, 2.45) is 0 Å². The number of nitrogens with zero attached hydrogens (tertiary/aromatic N) is 1. The van der Waals surface area contributed by atoms with E-state index in [0.717, 1.165) is 37.0 Å². The van der Waals surface area contributed by atoms with Crippen LogP contribution >= 0.6 is 0 Å². The number of ketones is 1.